The Morgan fingerprint density at radius 3 is 2.21 bits per heavy atom. The number of benzene rings is 2. The molecule has 1 saturated heterocycles. The minimum atomic E-state index is -1.21. The second kappa shape index (κ2) is 10.9. The molecule has 1 amide bonds. The first kappa shape index (κ1) is 23.4. The maximum absolute atomic E-state index is 13.6. The third kappa shape index (κ3) is 5.58. The van der Waals surface area contributed by atoms with Gasteiger partial charge in [0.15, 0.2) is 11.8 Å². The molecule has 1 fully saturated rings. The lowest BCUT2D eigenvalue weighted by atomic mass is 10.0. The number of aromatic nitrogens is 1. The van der Waals surface area contributed by atoms with E-state index >= 15 is 0 Å². The fourth-order valence-electron chi connectivity index (χ4n) is 4.15. The quantitative estimate of drug-likeness (QED) is 0.405. The number of nitrogens with zero attached hydrogens (tertiary/aromatic N) is 3. The van der Waals surface area contributed by atoms with Gasteiger partial charge in [0.1, 0.15) is 0 Å². The topological polar surface area (TPSA) is 62.6 Å². The van der Waals surface area contributed by atoms with Crippen LogP contribution in [0.4, 0.5) is 0 Å². The summed E-state index contributed by atoms with van der Waals surface area (Å²) in [6, 6.07) is 20.8. The Balaban J connectivity index is 1.47. The van der Waals surface area contributed by atoms with E-state index < -0.39 is 6.04 Å². The second-order valence-electron chi connectivity index (χ2n) is 8.52. The first-order chi connectivity index (χ1) is 16.5. The molecule has 6 heteroatoms. The summed E-state index contributed by atoms with van der Waals surface area (Å²) in [4.78, 5) is 43.6. The Labute approximate surface area is 199 Å². The summed E-state index contributed by atoms with van der Waals surface area (Å²) in [5, 5.41) is 0. The minimum Gasteiger partial charge on any atom is -0.338 e. The van der Waals surface area contributed by atoms with Gasteiger partial charge in [-0.2, -0.15) is 0 Å². The molecule has 4 rings (SSSR count). The molecule has 0 saturated carbocycles. The van der Waals surface area contributed by atoms with Gasteiger partial charge in [0, 0.05) is 50.6 Å². The van der Waals surface area contributed by atoms with Gasteiger partial charge in [-0.1, -0.05) is 72.8 Å². The van der Waals surface area contributed by atoms with Crippen LogP contribution in [-0.2, 0) is 4.79 Å². The van der Waals surface area contributed by atoms with Crippen molar-refractivity contribution in [3.8, 4) is 0 Å². The van der Waals surface area contributed by atoms with Gasteiger partial charge in [-0.3, -0.25) is 23.9 Å². The van der Waals surface area contributed by atoms with Crippen molar-refractivity contribution in [2.45, 2.75) is 13.0 Å². The molecule has 6 nitrogen and oxygen atoms in total. The number of ketones is 1. The van der Waals surface area contributed by atoms with Crippen molar-refractivity contribution in [1.82, 2.24) is 14.4 Å². The molecule has 1 aliphatic rings. The van der Waals surface area contributed by atoms with E-state index in [4.69, 9.17) is 0 Å². The van der Waals surface area contributed by atoms with Crippen molar-refractivity contribution in [1.29, 1.82) is 0 Å². The third-order valence-electron chi connectivity index (χ3n) is 6.08. The Kier molecular flexibility index (Phi) is 7.50. The number of carbonyl (C=O) groups is 2. The number of hydrogen-bond donors (Lipinski definition) is 0. The van der Waals surface area contributed by atoms with Crippen LogP contribution in [0.5, 0.6) is 0 Å². The molecule has 1 aromatic heterocycles. The maximum Gasteiger partial charge on any atom is 0.253 e. The molecule has 2 heterocycles. The van der Waals surface area contributed by atoms with Gasteiger partial charge in [0.25, 0.3) is 11.5 Å². The van der Waals surface area contributed by atoms with Crippen molar-refractivity contribution >= 4 is 17.8 Å². The highest BCUT2D eigenvalue weighted by molar-refractivity contribution is 6.11. The SMILES string of the molecule is Cc1ccn(C(C(=O)c2ccccc2)C(=O)N2CCN(CC=Cc3ccccc3)CC2)c(=O)c1. The zero-order chi connectivity index (χ0) is 23.9. The molecular formula is C28H29N3O3. The van der Waals surface area contributed by atoms with E-state index in [0.717, 1.165) is 17.7 Å². The molecule has 1 unspecified atom stereocenters. The number of Topliss-reactive ketones (excluding diaryl/α,β-unsaturated/α-hetero) is 1. The molecule has 2 aromatic carbocycles. The molecule has 34 heavy (non-hydrogen) atoms. The predicted octanol–water partition coefficient (Wildman–Crippen LogP) is 3.44. The Bertz CT molecular complexity index is 1210. The number of carbonyl (C=O) groups excluding carboxylic acids is 2. The average molecular weight is 456 g/mol. The zero-order valence-corrected chi connectivity index (χ0v) is 19.3. The second-order valence-corrected chi connectivity index (χ2v) is 8.52. The number of amides is 1. The summed E-state index contributed by atoms with van der Waals surface area (Å²) in [5.74, 6) is -0.705. The highest BCUT2D eigenvalue weighted by Crippen LogP contribution is 2.18. The largest absolute Gasteiger partial charge is 0.338 e. The fourth-order valence-corrected chi connectivity index (χ4v) is 4.15. The van der Waals surface area contributed by atoms with Crippen LogP contribution in [0.25, 0.3) is 6.08 Å². The lowest BCUT2D eigenvalue weighted by Crippen LogP contribution is -2.52. The van der Waals surface area contributed by atoms with Crippen molar-refractivity contribution < 1.29 is 9.59 Å². The number of piperazine rings is 1. The summed E-state index contributed by atoms with van der Waals surface area (Å²) >= 11 is 0. The molecule has 0 bridgehead atoms. The van der Waals surface area contributed by atoms with Crippen LogP contribution in [0.1, 0.15) is 27.5 Å². The Morgan fingerprint density at radius 2 is 1.56 bits per heavy atom. The summed E-state index contributed by atoms with van der Waals surface area (Å²) in [6.45, 7) is 5.04. The van der Waals surface area contributed by atoms with Crippen LogP contribution in [0.2, 0.25) is 0 Å². The minimum absolute atomic E-state index is 0.334. The first-order valence-electron chi connectivity index (χ1n) is 11.5. The monoisotopic (exact) mass is 455 g/mol. The van der Waals surface area contributed by atoms with E-state index in [9.17, 15) is 14.4 Å². The highest BCUT2D eigenvalue weighted by atomic mass is 16.2. The predicted molar refractivity (Wildman–Crippen MR) is 134 cm³/mol. The number of aryl methyl sites for hydroxylation is 1. The zero-order valence-electron chi connectivity index (χ0n) is 19.3. The molecule has 174 valence electrons. The van der Waals surface area contributed by atoms with E-state index in [2.05, 4.69) is 29.2 Å². The number of pyridine rings is 1. The molecule has 0 radical (unpaired) electrons. The van der Waals surface area contributed by atoms with Gasteiger partial charge in [-0.25, -0.2) is 0 Å². The van der Waals surface area contributed by atoms with E-state index in [0.29, 0.717) is 31.7 Å². The van der Waals surface area contributed by atoms with Crippen LogP contribution >= 0.6 is 0 Å². The van der Waals surface area contributed by atoms with Crippen LogP contribution in [-0.4, -0.2) is 58.8 Å². The lowest BCUT2D eigenvalue weighted by molar-refractivity contribution is -0.135. The van der Waals surface area contributed by atoms with Crippen molar-refractivity contribution in [2.24, 2.45) is 0 Å². The van der Waals surface area contributed by atoms with Gasteiger partial charge in [0.05, 0.1) is 0 Å². The Morgan fingerprint density at radius 1 is 0.912 bits per heavy atom. The summed E-state index contributed by atoms with van der Waals surface area (Å²) < 4.78 is 1.26. The maximum atomic E-state index is 13.6. The summed E-state index contributed by atoms with van der Waals surface area (Å²) in [6.07, 6.45) is 5.77. The van der Waals surface area contributed by atoms with Crippen molar-refractivity contribution in [3.05, 3.63) is 112 Å². The first-order valence-corrected chi connectivity index (χ1v) is 11.5. The van der Waals surface area contributed by atoms with Gasteiger partial charge in [0.2, 0.25) is 0 Å². The molecule has 1 atom stereocenters. The van der Waals surface area contributed by atoms with Crippen molar-refractivity contribution in [2.75, 3.05) is 32.7 Å². The molecule has 1 aliphatic heterocycles. The normalized spacial score (nSPS) is 15.4. The number of hydrogen-bond acceptors (Lipinski definition) is 4. The summed E-state index contributed by atoms with van der Waals surface area (Å²) in [5.41, 5.74) is 2.00. The molecule has 0 aliphatic carbocycles. The van der Waals surface area contributed by atoms with Gasteiger partial charge in [-0.05, 0) is 24.1 Å². The molecule has 3 aromatic rings. The average Bonchev–Trinajstić information content (AvgIpc) is 2.87. The Hall–Kier alpha value is -3.77. The van der Waals surface area contributed by atoms with E-state index in [1.54, 1.807) is 41.4 Å². The van der Waals surface area contributed by atoms with E-state index in [-0.39, 0.29) is 17.2 Å². The van der Waals surface area contributed by atoms with E-state index in [1.807, 2.05) is 31.2 Å². The molecule has 0 N–H and O–H groups in total. The lowest BCUT2D eigenvalue weighted by Gasteiger charge is -2.36. The van der Waals surface area contributed by atoms with E-state index in [1.165, 1.54) is 10.6 Å². The van der Waals surface area contributed by atoms with Gasteiger partial charge < -0.3 is 4.90 Å². The summed E-state index contributed by atoms with van der Waals surface area (Å²) in [7, 11) is 0. The van der Waals surface area contributed by atoms with Crippen LogP contribution in [0, 0.1) is 6.92 Å². The van der Waals surface area contributed by atoms with Crippen molar-refractivity contribution in [3.63, 3.8) is 0 Å². The van der Waals surface area contributed by atoms with Gasteiger partial charge >= 0.3 is 0 Å². The molecular weight excluding hydrogens is 426 g/mol. The third-order valence-corrected chi connectivity index (χ3v) is 6.08. The van der Waals surface area contributed by atoms with Gasteiger partial charge in [-0.15, -0.1) is 0 Å². The standard InChI is InChI=1S/C28H29N3O3/c1-22-14-16-31(25(32)21-22)26(27(33)24-12-6-3-7-13-24)28(34)30-19-17-29(18-20-30)15-8-11-23-9-4-2-5-10-23/h2-14,16,21,26H,15,17-20H2,1H3. The fraction of sp³-hybridized carbons (Fsp3) is 0.250. The van der Waals surface area contributed by atoms with Crippen LogP contribution < -0.4 is 5.56 Å². The molecule has 0 spiro atoms. The number of rotatable bonds is 7. The van der Waals surface area contributed by atoms with Crippen LogP contribution in [0.15, 0.2) is 89.9 Å². The highest BCUT2D eigenvalue weighted by Gasteiger charge is 2.34. The van der Waals surface area contributed by atoms with Crippen LogP contribution in [0.3, 0.4) is 0 Å². The smallest absolute Gasteiger partial charge is 0.253 e.